The number of fused-ring (bicyclic) bond motifs is 1. The number of carbonyl (C=O) groups is 1. The zero-order valence-electron chi connectivity index (χ0n) is 18.2. The number of hydrogen-bond acceptors (Lipinski definition) is 6. The van der Waals surface area contributed by atoms with Gasteiger partial charge in [0.05, 0.1) is 11.9 Å². The van der Waals surface area contributed by atoms with Gasteiger partial charge in [0.25, 0.3) is 0 Å². The van der Waals surface area contributed by atoms with Crippen LogP contribution in [0.2, 0.25) is 0 Å². The first-order valence-corrected chi connectivity index (χ1v) is 11.2. The zero-order valence-corrected chi connectivity index (χ0v) is 18.2. The highest BCUT2D eigenvalue weighted by molar-refractivity contribution is 5.83. The van der Waals surface area contributed by atoms with Gasteiger partial charge in [-0.15, -0.1) is 0 Å². The number of benzene rings is 1. The van der Waals surface area contributed by atoms with Crippen LogP contribution in [0.5, 0.6) is 11.6 Å². The van der Waals surface area contributed by atoms with Gasteiger partial charge in [-0.1, -0.05) is 37.5 Å². The maximum Gasteiger partial charge on any atom is 0.222 e. The summed E-state index contributed by atoms with van der Waals surface area (Å²) in [5, 5.41) is 0. The molecule has 1 aliphatic carbocycles. The Kier molecular flexibility index (Phi) is 6.70. The Morgan fingerprint density at radius 3 is 2.77 bits per heavy atom. The lowest BCUT2D eigenvalue weighted by Gasteiger charge is -2.32. The van der Waals surface area contributed by atoms with Gasteiger partial charge < -0.3 is 20.3 Å². The van der Waals surface area contributed by atoms with Crippen LogP contribution in [0.25, 0.3) is 0 Å². The smallest absolute Gasteiger partial charge is 0.222 e. The van der Waals surface area contributed by atoms with E-state index in [9.17, 15) is 4.79 Å². The number of nitrogens with two attached hydrogens (primary N) is 1. The number of pyridine rings is 1. The van der Waals surface area contributed by atoms with Crippen molar-refractivity contribution in [3.63, 3.8) is 0 Å². The highest BCUT2D eigenvalue weighted by Crippen LogP contribution is 2.29. The lowest BCUT2D eigenvalue weighted by Crippen LogP contribution is -2.41. The predicted molar refractivity (Wildman–Crippen MR) is 121 cm³/mol. The molecule has 164 valence electrons. The quantitative estimate of drug-likeness (QED) is 0.724. The first-order valence-electron chi connectivity index (χ1n) is 11.2. The number of nitrogens with zero attached hydrogens (tertiary/aromatic N) is 4. The van der Waals surface area contributed by atoms with Gasteiger partial charge in [0.15, 0.2) is 5.96 Å². The minimum atomic E-state index is 0.225. The van der Waals surface area contributed by atoms with Crippen LogP contribution in [-0.4, -0.2) is 46.3 Å². The SMILES string of the molecule is CN(C(=O)CCCN1Cc2cc(Oc3ccccc3)ncc2N=C1N)C1CCCCC1. The molecule has 2 aromatic rings. The summed E-state index contributed by atoms with van der Waals surface area (Å²) >= 11 is 0. The summed E-state index contributed by atoms with van der Waals surface area (Å²) in [5.74, 6) is 1.97. The van der Waals surface area contributed by atoms with Crippen LogP contribution in [-0.2, 0) is 11.3 Å². The van der Waals surface area contributed by atoms with Crippen LogP contribution >= 0.6 is 0 Å². The Morgan fingerprint density at radius 1 is 1.23 bits per heavy atom. The van der Waals surface area contributed by atoms with Gasteiger partial charge >= 0.3 is 0 Å². The second-order valence-corrected chi connectivity index (χ2v) is 8.36. The van der Waals surface area contributed by atoms with Crippen molar-refractivity contribution in [3.8, 4) is 11.6 Å². The minimum Gasteiger partial charge on any atom is -0.439 e. The van der Waals surface area contributed by atoms with Crippen molar-refractivity contribution in [2.45, 2.75) is 57.5 Å². The molecule has 0 saturated heterocycles. The summed E-state index contributed by atoms with van der Waals surface area (Å²) in [7, 11) is 1.95. The fourth-order valence-electron chi connectivity index (χ4n) is 4.30. The molecular formula is C24H31N5O2. The van der Waals surface area contributed by atoms with Crippen LogP contribution in [0.15, 0.2) is 47.6 Å². The molecule has 7 heteroatoms. The number of rotatable bonds is 7. The molecule has 0 radical (unpaired) electrons. The van der Waals surface area contributed by atoms with Crippen LogP contribution in [0.1, 0.15) is 50.5 Å². The van der Waals surface area contributed by atoms with Crippen molar-refractivity contribution in [1.82, 2.24) is 14.8 Å². The first-order chi connectivity index (χ1) is 15.1. The molecule has 2 heterocycles. The third-order valence-corrected chi connectivity index (χ3v) is 6.16. The van der Waals surface area contributed by atoms with E-state index in [4.69, 9.17) is 10.5 Å². The van der Waals surface area contributed by atoms with E-state index in [1.807, 2.05) is 53.2 Å². The molecule has 2 aliphatic rings. The third-order valence-electron chi connectivity index (χ3n) is 6.16. The zero-order chi connectivity index (χ0) is 21.6. The molecule has 4 rings (SSSR count). The average molecular weight is 422 g/mol. The molecule has 1 aromatic carbocycles. The van der Waals surface area contributed by atoms with Gasteiger partial charge in [0.2, 0.25) is 11.8 Å². The number of carbonyl (C=O) groups excluding carboxylic acids is 1. The molecule has 2 N–H and O–H groups in total. The summed E-state index contributed by atoms with van der Waals surface area (Å²) in [6.45, 7) is 1.32. The van der Waals surface area contributed by atoms with Crippen LogP contribution < -0.4 is 10.5 Å². The van der Waals surface area contributed by atoms with E-state index in [1.54, 1.807) is 6.20 Å². The summed E-state index contributed by atoms with van der Waals surface area (Å²) in [5.41, 5.74) is 7.95. The number of aromatic nitrogens is 1. The summed E-state index contributed by atoms with van der Waals surface area (Å²) < 4.78 is 5.84. The first kappa shape index (κ1) is 21.2. The van der Waals surface area contributed by atoms with Crippen molar-refractivity contribution in [2.75, 3.05) is 13.6 Å². The molecule has 0 unspecified atom stereocenters. The number of hydrogen-bond donors (Lipinski definition) is 1. The molecule has 1 aliphatic heterocycles. The van der Waals surface area contributed by atoms with Gasteiger partial charge in [-0.25, -0.2) is 9.98 Å². The molecule has 31 heavy (non-hydrogen) atoms. The van der Waals surface area contributed by atoms with E-state index >= 15 is 0 Å². The molecule has 0 bridgehead atoms. The van der Waals surface area contributed by atoms with Gasteiger partial charge in [-0.2, -0.15) is 0 Å². The van der Waals surface area contributed by atoms with Crippen LogP contribution in [0.4, 0.5) is 5.69 Å². The maximum absolute atomic E-state index is 12.6. The molecule has 1 aromatic heterocycles. The predicted octanol–water partition coefficient (Wildman–Crippen LogP) is 4.21. The van der Waals surface area contributed by atoms with E-state index in [0.29, 0.717) is 37.4 Å². The van der Waals surface area contributed by atoms with Crippen LogP contribution in [0, 0.1) is 0 Å². The Hall–Kier alpha value is -3.09. The fraction of sp³-hybridized carbons (Fsp3) is 0.458. The summed E-state index contributed by atoms with van der Waals surface area (Å²) in [6.07, 6.45) is 8.99. The Morgan fingerprint density at radius 2 is 2.00 bits per heavy atom. The Labute approximate surface area is 183 Å². The van der Waals surface area contributed by atoms with Gasteiger partial charge in [0, 0.05) is 44.2 Å². The van der Waals surface area contributed by atoms with Crippen molar-refractivity contribution in [3.05, 3.63) is 48.2 Å². The van der Waals surface area contributed by atoms with E-state index in [0.717, 1.165) is 36.3 Å². The number of guanidine groups is 1. The van der Waals surface area contributed by atoms with Crippen molar-refractivity contribution >= 4 is 17.6 Å². The van der Waals surface area contributed by atoms with Crippen LogP contribution in [0.3, 0.4) is 0 Å². The molecular weight excluding hydrogens is 390 g/mol. The van der Waals surface area contributed by atoms with Gasteiger partial charge in [-0.05, 0) is 31.4 Å². The van der Waals surface area contributed by atoms with E-state index in [-0.39, 0.29) is 5.91 Å². The van der Waals surface area contributed by atoms with Crippen molar-refractivity contribution in [2.24, 2.45) is 10.7 Å². The second kappa shape index (κ2) is 9.81. The highest BCUT2D eigenvalue weighted by atomic mass is 16.5. The lowest BCUT2D eigenvalue weighted by molar-refractivity contribution is -0.132. The maximum atomic E-state index is 12.6. The van der Waals surface area contributed by atoms with Gasteiger partial charge in [-0.3, -0.25) is 4.79 Å². The summed E-state index contributed by atoms with van der Waals surface area (Å²) in [6, 6.07) is 11.9. The van der Waals surface area contributed by atoms with Crippen molar-refractivity contribution < 1.29 is 9.53 Å². The third kappa shape index (κ3) is 5.34. The monoisotopic (exact) mass is 421 g/mol. The number of ether oxygens (including phenoxy) is 1. The second-order valence-electron chi connectivity index (χ2n) is 8.36. The number of para-hydroxylation sites is 1. The standard InChI is InChI=1S/C24H31N5O2/c1-28(19-9-4-2-5-10-19)23(30)13-8-14-29-17-18-15-22(26-16-21(18)27-24(29)25)31-20-11-6-3-7-12-20/h3,6-7,11-12,15-16,19H,2,4-5,8-10,13-14,17H2,1H3,(H2,25,27). The van der Waals surface area contributed by atoms with Crippen molar-refractivity contribution in [1.29, 1.82) is 0 Å². The topological polar surface area (TPSA) is 84.0 Å². The van der Waals surface area contributed by atoms with Gasteiger partial charge in [0.1, 0.15) is 5.75 Å². The minimum absolute atomic E-state index is 0.225. The Balaban J connectivity index is 1.32. The average Bonchev–Trinajstić information content (AvgIpc) is 2.80. The van der Waals surface area contributed by atoms with E-state index < -0.39 is 0 Å². The Bertz CT molecular complexity index is 925. The number of aliphatic imine (C=N–C) groups is 1. The molecule has 1 fully saturated rings. The lowest BCUT2D eigenvalue weighted by atomic mass is 9.94. The molecule has 7 nitrogen and oxygen atoms in total. The molecule has 1 amide bonds. The number of amides is 1. The normalized spacial score (nSPS) is 16.4. The fourth-order valence-corrected chi connectivity index (χ4v) is 4.30. The highest BCUT2D eigenvalue weighted by Gasteiger charge is 2.23. The van der Waals surface area contributed by atoms with E-state index in [1.165, 1.54) is 19.3 Å². The largest absolute Gasteiger partial charge is 0.439 e. The summed E-state index contributed by atoms with van der Waals surface area (Å²) in [4.78, 5) is 25.4. The molecule has 0 spiro atoms. The van der Waals surface area contributed by atoms with E-state index in [2.05, 4.69) is 9.98 Å². The molecule has 0 atom stereocenters. The molecule has 1 saturated carbocycles.